The van der Waals surface area contributed by atoms with Gasteiger partial charge in [0, 0.05) is 56.6 Å². The number of benzene rings is 2. The lowest BCUT2D eigenvalue weighted by Gasteiger charge is -2.41. The van der Waals surface area contributed by atoms with E-state index in [1.54, 1.807) is 39.9 Å². The van der Waals surface area contributed by atoms with Gasteiger partial charge in [0.15, 0.2) is 5.78 Å². The molecule has 3 unspecified atom stereocenters. The Hall–Kier alpha value is -4.13. The van der Waals surface area contributed by atoms with E-state index >= 15 is 0 Å². The molecular weight excluding hydrogens is 681 g/mol. The van der Waals surface area contributed by atoms with Gasteiger partial charge in [-0.25, -0.2) is 14.6 Å². The van der Waals surface area contributed by atoms with E-state index in [1.165, 1.54) is 11.3 Å². The van der Waals surface area contributed by atoms with E-state index in [2.05, 4.69) is 53.3 Å². The topological polar surface area (TPSA) is 108 Å². The Morgan fingerprint density at radius 2 is 1.69 bits per heavy atom. The number of Topliss-reactive ketones (excluding diaryl/α,β-unsaturated/α-hetero) is 1. The van der Waals surface area contributed by atoms with E-state index < -0.39 is 12.1 Å². The van der Waals surface area contributed by atoms with Gasteiger partial charge >= 0.3 is 12.1 Å². The van der Waals surface area contributed by atoms with Gasteiger partial charge in [0.05, 0.1) is 27.6 Å². The number of nitrogens with zero attached hydrogens (tertiary/aromatic N) is 5. The fourth-order valence-electron chi connectivity index (χ4n) is 6.48. The van der Waals surface area contributed by atoms with Crippen LogP contribution in [-0.4, -0.2) is 88.4 Å². The minimum Gasteiger partial charge on any atom is -0.444 e. The zero-order chi connectivity index (χ0) is 36.2. The quantitative estimate of drug-likeness (QED) is 0.132. The van der Waals surface area contributed by atoms with Crippen LogP contribution in [0.2, 0.25) is 0 Å². The number of nitrogens with one attached hydrogen (secondary N) is 1. The van der Waals surface area contributed by atoms with Crippen LogP contribution in [0.15, 0.2) is 77.8 Å². The summed E-state index contributed by atoms with van der Waals surface area (Å²) >= 11 is 3.06. The number of ketones is 1. The van der Waals surface area contributed by atoms with Crippen molar-refractivity contribution in [2.45, 2.75) is 77.1 Å². The van der Waals surface area contributed by atoms with Crippen LogP contribution in [0, 0.1) is 5.92 Å². The molecule has 0 aliphatic carbocycles. The Kier molecular flexibility index (Phi) is 14.1. The van der Waals surface area contributed by atoms with Gasteiger partial charge < -0.3 is 24.8 Å². The van der Waals surface area contributed by atoms with Crippen molar-refractivity contribution in [3.63, 3.8) is 0 Å². The Labute approximate surface area is 309 Å². The first-order valence-electron chi connectivity index (χ1n) is 17.7. The molecule has 0 spiro atoms. The summed E-state index contributed by atoms with van der Waals surface area (Å²) < 4.78 is 5.53. The lowest BCUT2D eigenvalue weighted by Crippen LogP contribution is -2.59. The number of hydrogen-bond acceptors (Lipinski definition) is 9. The molecule has 1 saturated heterocycles. The molecule has 1 N–H and O–H groups in total. The highest BCUT2D eigenvalue weighted by Gasteiger charge is 2.36. The number of alkyl carbamates (subject to hydrolysis) is 1. The number of rotatable bonds is 16. The van der Waals surface area contributed by atoms with Gasteiger partial charge in [0.25, 0.3) is 0 Å². The molecule has 272 valence electrons. The molecule has 0 bridgehead atoms. The second kappa shape index (κ2) is 18.9. The van der Waals surface area contributed by atoms with Gasteiger partial charge in [-0.2, -0.15) is 0 Å². The maximum atomic E-state index is 14.3. The highest BCUT2D eigenvalue weighted by Crippen LogP contribution is 2.25. The summed E-state index contributed by atoms with van der Waals surface area (Å²) in [6.45, 7) is 6.48. The first kappa shape index (κ1) is 38.1. The molecule has 5 rings (SSSR count). The number of ether oxygens (including phenoxy) is 1. The summed E-state index contributed by atoms with van der Waals surface area (Å²) in [5.41, 5.74) is 4.85. The Balaban J connectivity index is 1.28. The van der Waals surface area contributed by atoms with Gasteiger partial charge in [0.1, 0.15) is 12.6 Å². The first-order valence-corrected chi connectivity index (χ1v) is 19.5. The molecule has 3 atom stereocenters. The maximum Gasteiger partial charge on any atom is 0.407 e. The minimum absolute atomic E-state index is 0.0135. The van der Waals surface area contributed by atoms with Gasteiger partial charge in [-0.3, -0.25) is 9.78 Å². The number of carbonyl (C=O) groups excluding carboxylic acids is 3. The van der Waals surface area contributed by atoms with Crippen LogP contribution in [-0.2, 0) is 35.5 Å². The Morgan fingerprint density at radius 1 is 0.980 bits per heavy atom. The van der Waals surface area contributed by atoms with Crippen LogP contribution in [0.3, 0.4) is 0 Å². The number of carbonyl (C=O) groups is 3. The SMILES string of the molecule is CC(C)c1nc(CN(C)C(=O)N2CCN(C)CC2C(=O)CC(CCC(Cc2ccccc2)NC(=O)OCc2cncs2)Cc2ccccc2)cs1. The monoisotopic (exact) mass is 730 g/mol. The number of amides is 3. The molecule has 4 aromatic rings. The molecule has 51 heavy (non-hydrogen) atoms. The number of piperazine rings is 1. The van der Waals surface area contributed by atoms with E-state index in [0.29, 0.717) is 57.8 Å². The number of hydrogen-bond donors (Lipinski definition) is 1. The average Bonchev–Trinajstić information content (AvgIpc) is 3.83. The van der Waals surface area contributed by atoms with Crippen molar-refractivity contribution >= 4 is 40.6 Å². The van der Waals surface area contributed by atoms with Crippen LogP contribution >= 0.6 is 22.7 Å². The average molecular weight is 731 g/mol. The molecular formula is C39H50N6O4S2. The van der Waals surface area contributed by atoms with Gasteiger partial charge in [-0.15, -0.1) is 22.7 Å². The smallest absolute Gasteiger partial charge is 0.407 e. The molecule has 2 aromatic heterocycles. The van der Waals surface area contributed by atoms with Crippen molar-refractivity contribution < 1.29 is 19.1 Å². The Morgan fingerprint density at radius 3 is 2.33 bits per heavy atom. The zero-order valence-electron chi connectivity index (χ0n) is 30.1. The third-order valence-electron chi connectivity index (χ3n) is 9.25. The summed E-state index contributed by atoms with van der Waals surface area (Å²) in [7, 11) is 3.79. The summed E-state index contributed by atoms with van der Waals surface area (Å²) in [5.74, 6) is 0.414. The minimum atomic E-state index is -0.543. The van der Waals surface area contributed by atoms with Gasteiger partial charge in [-0.1, -0.05) is 74.5 Å². The lowest BCUT2D eigenvalue weighted by molar-refractivity contribution is -0.126. The molecule has 10 nitrogen and oxygen atoms in total. The summed E-state index contributed by atoms with van der Waals surface area (Å²) in [4.78, 5) is 56.3. The second-order valence-corrected chi connectivity index (χ2v) is 15.7. The van der Waals surface area contributed by atoms with Crippen molar-refractivity contribution in [3.8, 4) is 0 Å². The summed E-state index contributed by atoms with van der Waals surface area (Å²) in [6.07, 6.45) is 4.30. The number of likely N-dealkylation sites (N-methyl/N-ethyl adjacent to an activating group) is 1. The Bertz CT molecular complexity index is 1670. The van der Waals surface area contributed by atoms with Crippen molar-refractivity contribution in [1.82, 2.24) is 30.0 Å². The van der Waals surface area contributed by atoms with Crippen LogP contribution in [0.4, 0.5) is 9.59 Å². The van der Waals surface area contributed by atoms with Crippen LogP contribution < -0.4 is 5.32 Å². The molecule has 1 fully saturated rings. The van der Waals surface area contributed by atoms with Crippen LogP contribution in [0.1, 0.15) is 65.7 Å². The number of thiazole rings is 2. The normalized spacial score (nSPS) is 16.1. The van der Waals surface area contributed by atoms with Crippen LogP contribution in [0.25, 0.3) is 0 Å². The van der Waals surface area contributed by atoms with Crippen molar-refractivity contribution in [2.75, 3.05) is 33.7 Å². The zero-order valence-corrected chi connectivity index (χ0v) is 31.7. The van der Waals surface area contributed by atoms with E-state index in [0.717, 1.165) is 33.1 Å². The van der Waals surface area contributed by atoms with Crippen molar-refractivity contribution in [1.29, 1.82) is 0 Å². The molecule has 0 saturated carbocycles. The summed E-state index contributed by atoms with van der Waals surface area (Å²) in [6, 6.07) is 19.4. The van der Waals surface area contributed by atoms with Crippen LogP contribution in [0.5, 0.6) is 0 Å². The standard InChI is InChI=1S/C39H50N6O4S2/c1-28(2)37-41-33(26-50-37)23-44(4)39(48)45-18-17-43(3)24-35(45)36(46)21-31(19-29-11-7-5-8-12-29)15-16-32(20-30-13-9-6-10-14-30)42-38(47)49-25-34-22-40-27-51-34/h5-14,22,26-28,31-32,35H,15-21,23-25H2,1-4H3,(H,42,47). The largest absolute Gasteiger partial charge is 0.444 e. The van der Waals surface area contributed by atoms with Crippen molar-refractivity contribution in [3.05, 3.63) is 104 Å². The van der Waals surface area contributed by atoms with Gasteiger partial charge in [0.2, 0.25) is 0 Å². The highest BCUT2D eigenvalue weighted by atomic mass is 32.1. The molecule has 1 aliphatic rings. The molecule has 1 aliphatic heterocycles. The molecule has 2 aromatic carbocycles. The van der Waals surface area contributed by atoms with Gasteiger partial charge in [-0.05, 0) is 49.8 Å². The summed E-state index contributed by atoms with van der Waals surface area (Å²) in [5, 5.41) is 6.17. The first-order chi connectivity index (χ1) is 24.6. The highest BCUT2D eigenvalue weighted by molar-refractivity contribution is 7.09. The van der Waals surface area contributed by atoms with E-state index in [9.17, 15) is 14.4 Å². The molecule has 0 radical (unpaired) electrons. The third-order valence-corrected chi connectivity index (χ3v) is 11.2. The van der Waals surface area contributed by atoms with E-state index in [-0.39, 0.29) is 30.4 Å². The predicted octanol–water partition coefficient (Wildman–Crippen LogP) is 7.03. The van der Waals surface area contributed by atoms with Crippen molar-refractivity contribution in [2.24, 2.45) is 5.92 Å². The van der Waals surface area contributed by atoms with E-state index in [1.807, 2.05) is 48.8 Å². The molecule has 3 heterocycles. The fourth-order valence-corrected chi connectivity index (χ4v) is 7.81. The number of aromatic nitrogens is 2. The molecule has 12 heteroatoms. The predicted molar refractivity (Wildman–Crippen MR) is 203 cm³/mol. The fraction of sp³-hybridized carbons (Fsp3) is 0.462. The second-order valence-electron chi connectivity index (χ2n) is 13.8. The molecule has 3 amide bonds. The maximum absolute atomic E-state index is 14.3. The number of urea groups is 1. The third kappa shape index (κ3) is 11.7. The van der Waals surface area contributed by atoms with E-state index in [4.69, 9.17) is 9.72 Å². The lowest BCUT2D eigenvalue weighted by atomic mass is 9.86.